The lowest BCUT2D eigenvalue weighted by atomic mass is 10.1. The fourth-order valence-electron chi connectivity index (χ4n) is 3.55. The van der Waals surface area contributed by atoms with Crippen LogP contribution < -0.4 is 4.80 Å². The third-order valence-corrected chi connectivity index (χ3v) is 5.57. The second-order valence-corrected chi connectivity index (χ2v) is 7.81. The van der Waals surface area contributed by atoms with Crippen LogP contribution in [0.1, 0.15) is 24.0 Å². The molecule has 1 fully saturated rings. The first-order valence-electron chi connectivity index (χ1n) is 9.17. The van der Waals surface area contributed by atoms with Gasteiger partial charge in [0, 0.05) is 12.0 Å². The number of aryl methyl sites for hydroxylation is 2. The molecule has 2 aromatic carbocycles. The Balaban J connectivity index is 1.80. The molecule has 0 saturated carbocycles. The number of thiazole rings is 1. The summed E-state index contributed by atoms with van der Waals surface area (Å²) >= 11 is 1.70. The molecule has 3 aromatic rings. The predicted octanol–water partition coefficient (Wildman–Crippen LogP) is 5.24. The van der Waals surface area contributed by atoms with E-state index in [1.165, 1.54) is 22.4 Å². The van der Waals surface area contributed by atoms with Crippen LogP contribution in [0, 0.1) is 13.8 Å². The van der Waals surface area contributed by atoms with Crippen molar-refractivity contribution in [3.63, 3.8) is 0 Å². The van der Waals surface area contributed by atoms with Crippen LogP contribution in [0.15, 0.2) is 58.9 Å². The van der Waals surface area contributed by atoms with Crippen LogP contribution in [0.3, 0.4) is 0 Å². The van der Waals surface area contributed by atoms with E-state index in [0.29, 0.717) is 0 Å². The molecule has 0 amide bonds. The lowest BCUT2D eigenvalue weighted by Gasteiger charge is -2.14. The highest BCUT2D eigenvalue weighted by Gasteiger charge is 2.19. The zero-order valence-electron chi connectivity index (χ0n) is 15.3. The molecule has 2 heterocycles. The molecule has 26 heavy (non-hydrogen) atoms. The van der Waals surface area contributed by atoms with Gasteiger partial charge in [0.1, 0.15) is 0 Å². The van der Waals surface area contributed by atoms with Crippen LogP contribution in [0.25, 0.3) is 11.3 Å². The van der Waals surface area contributed by atoms with Gasteiger partial charge in [0.05, 0.1) is 24.0 Å². The van der Waals surface area contributed by atoms with E-state index in [0.717, 1.165) is 36.5 Å². The zero-order chi connectivity index (χ0) is 17.9. The molecule has 0 radical (unpaired) electrons. The molecule has 1 saturated heterocycles. The molecular formula is C22H24N2OS. The van der Waals surface area contributed by atoms with Crippen molar-refractivity contribution in [1.82, 2.24) is 4.57 Å². The molecule has 1 aliphatic rings. The first-order valence-corrected chi connectivity index (χ1v) is 10.1. The Bertz CT molecular complexity index is 930. The molecule has 134 valence electrons. The van der Waals surface area contributed by atoms with Crippen molar-refractivity contribution in [2.75, 3.05) is 6.61 Å². The van der Waals surface area contributed by atoms with Crippen LogP contribution in [0.2, 0.25) is 0 Å². The summed E-state index contributed by atoms with van der Waals surface area (Å²) in [6.07, 6.45) is 2.56. The lowest BCUT2D eigenvalue weighted by Crippen LogP contribution is -2.24. The van der Waals surface area contributed by atoms with E-state index in [2.05, 4.69) is 72.3 Å². The Morgan fingerprint density at radius 2 is 1.88 bits per heavy atom. The minimum atomic E-state index is 0.283. The van der Waals surface area contributed by atoms with Gasteiger partial charge in [-0.05, 0) is 55.5 Å². The number of ether oxygens (including phenoxy) is 1. The summed E-state index contributed by atoms with van der Waals surface area (Å²) in [5, 5.41) is 2.21. The Morgan fingerprint density at radius 3 is 2.58 bits per heavy atom. The standard InChI is InChI=1S/C22H24N2OS/c1-16-11-17(2)13-19(12-16)23-22-24(14-20-9-6-10-25-20)21(15-26-22)18-7-4-3-5-8-18/h3-5,7-8,11-13,15,20H,6,9-10,14H2,1-2H3. The SMILES string of the molecule is Cc1cc(C)cc(N=c2scc(-c3ccccc3)n2CC2CCCO2)c1. The third-order valence-electron chi connectivity index (χ3n) is 4.71. The molecule has 3 nitrogen and oxygen atoms in total. The Labute approximate surface area is 158 Å². The smallest absolute Gasteiger partial charge is 0.190 e. The van der Waals surface area contributed by atoms with Gasteiger partial charge in [0.2, 0.25) is 0 Å². The number of rotatable bonds is 4. The number of aromatic nitrogens is 1. The highest BCUT2D eigenvalue weighted by atomic mass is 32.1. The van der Waals surface area contributed by atoms with Crippen molar-refractivity contribution in [2.24, 2.45) is 4.99 Å². The van der Waals surface area contributed by atoms with E-state index in [1.54, 1.807) is 11.3 Å². The van der Waals surface area contributed by atoms with Gasteiger partial charge < -0.3 is 9.30 Å². The second-order valence-electron chi connectivity index (χ2n) is 6.97. The van der Waals surface area contributed by atoms with Crippen molar-refractivity contribution in [3.05, 3.63) is 69.8 Å². The van der Waals surface area contributed by atoms with Gasteiger partial charge in [0.15, 0.2) is 4.80 Å². The highest BCUT2D eigenvalue weighted by Crippen LogP contribution is 2.23. The first-order chi connectivity index (χ1) is 12.7. The van der Waals surface area contributed by atoms with Crippen LogP contribution in [-0.4, -0.2) is 17.3 Å². The molecule has 0 aliphatic carbocycles. The van der Waals surface area contributed by atoms with Crippen LogP contribution in [0.4, 0.5) is 5.69 Å². The molecule has 1 aromatic heterocycles. The lowest BCUT2D eigenvalue weighted by molar-refractivity contribution is 0.0968. The van der Waals surface area contributed by atoms with Crippen molar-refractivity contribution in [2.45, 2.75) is 39.3 Å². The van der Waals surface area contributed by atoms with E-state index < -0.39 is 0 Å². The highest BCUT2D eigenvalue weighted by molar-refractivity contribution is 7.07. The zero-order valence-corrected chi connectivity index (χ0v) is 16.1. The Hall–Kier alpha value is -2.17. The van der Waals surface area contributed by atoms with Gasteiger partial charge in [0.25, 0.3) is 0 Å². The number of hydrogen-bond donors (Lipinski definition) is 0. The molecule has 0 N–H and O–H groups in total. The molecule has 0 bridgehead atoms. The molecule has 1 unspecified atom stereocenters. The molecule has 1 atom stereocenters. The maximum absolute atomic E-state index is 5.90. The van der Waals surface area contributed by atoms with Gasteiger partial charge in [-0.15, -0.1) is 11.3 Å². The van der Waals surface area contributed by atoms with Crippen LogP contribution >= 0.6 is 11.3 Å². The van der Waals surface area contributed by atoms with Gasteiger partial charge in [-0.3, -0.25) is 0 Å². The van der Waals surface area contributed by atoms with E-state index >= 15 is 0 Å². The summed E-state index contributed by atoms with van der Waals surface area (Å²) in [5.41, 5.74) is 5.95. The van der Waals surface area contributed by atoms with Gasteiger partial charge in [-0.2, -0.15) is 0 Å². The number of hydrogen-bond acceptors (Lipinski definition) is 3. The predicted molar refractivity (Wildman–Crippen MR) is 108 cm³/mol. The fourth-order valence-corrected chi connectivity index (χ4v) is 4.49. The molecule has 0 spiro atoms. The third kappa shape index (κ3) is 3.81. The Morgan fingerprint density at radius 1 is 1.12 bits per heavy atom. The monoisotopic (exact) mass is 364 g/mol. The van der Waals surface area contributed by atoms with E-state index in [-0.39, 0.29) is 6.10 Å². The van der Waals surface area contributed by atoms with Crippen molar-refractivity contribution in [3.8, 4) is 11.3 Å². The van der Waals surface area contributed by atoms with Crippen molar-refractivity contribution in [1.29, 1.82) is 0 Å². The fraction of sp³-hybridized carbons (Fsp3) is 0.318. The average Bonchev–Trinajstić information content (AvgIpc) is 3.26. The molecule has 4 heteroatoms. The largest absolute Gasteiger partial charge is 0.376 e. The van der Waals surface area contributed by atoms with Gasteiger partial charge in [-0.1, -0.05) is 36.4 Å². The summed E-state index contributed by atoms with van der Waals surface area (Å²) in [6.45, 7) is 5.98. The quantitative estimate of drug-likeness (QED) is 0.621. The van der Waals surface area contributed by atoms with Crippen LogP contribution in [-0.2, 0) is 11.3 Å². The van der Waals surface area contributed by atoms with Crippen molar-refractivity contribution < 1.29 is 4.74 Å². The number of benzene rings is 2. The maximum atomic E-state index is 5.90. The van der Waals surface area contributed by atoms with Gasteiger partial charge in [-0.25, -0.2) is 4.99 Å². The molecule has 4 rings (SSSR count). The number of nitrogens with zero attached hydrogens (tertiary/aromatic N) is 2. The normalized spacial score (nSPS) is 17.8. The summed E-state index contributed by atoms with van der Waals surface area (Å²) in [6, 6.07) is 17.0. The minimum Gasteiger partial charge on any atom is -0.376 e. The second kappa shape index (κ2) is 7.60. The minimum absolute atomic E-state index is 0.283. The summed E-state index contributed by atoms with van der Waals surface area (Å²) < 4.78 is 8.23. The molecule has 1 aliphatic heterocycles. The summed E-state index contributed by atoms with van der Waals surface area (Å²) in [7, 11) is 0. The first kappa shape index (κ1) is 17.3. The van der Waals surface area contributed by atoms with E-state index in [1.807, 2.05) is 0 Å². The van der Waals surface area contributed by atoms with Crippen molar-refractivity contribution >= 4 is 17.0 Å². The summed E-state index contributed by atoms with van der Waals surface area (Å²) in [4.78, 5) is 6.01. The topological polar surface area (TPSA) is 26.5 Å². The summed E-state index contributed by atoms with van der Waals surface area (Å²) in [5.74, 6) is 0. The maximum Gasteiger partial charge on any atom is 0.190 e. The van der Waals surface area contributed by atoms with E-state index in [9.17, 15) is 0 Å². The van der Waals surface area contributed by atoms with E-state index in [4.69, 9.17) is 9.73 Å². The Kier molecular flexibility index (Phi) is 5.05. The van der Waals surface area contributed by atoms with Crippen LogP contribution in [0.5, 0.6) is 0 Å². The molecular weight excluding hydrogens is 340 g/mol. The average molecular weight is 365 g/mol. The van der Waals surface area contributed by atoms with Gasteiger partial charge >= 0.3 is 0 Å².